The minimum atomic E-state index is -1.02. The van der Waals surface area contributed by atoms with E-state index < -0.39 is 28.7 Å². The fourth-order valence-electron chi connectivity index (χ4n) is 1.74. The van der Waals surface area contributed by atoms with Gasteiger partial charge in [0.2, 0.25) is 5.91 Å². The van der Waals surface area contributed by atoms with E-state index in [2.05, 4.69) is 5.32 Å². The third-order valence-electron chi connectivity index (χ3n) is 2.89. The molecule has 2 atom stereocenters. The molecule has 0 aliphatic rings. The Morgan fingerprint density at radius 1 is 1.52 bits per heavy atom. The summed E-state index contributed by atoms with van der Waals surface area (Å²) < 4.78 is 0. The first kappa shape index (κ1) is 16.1. The molecule has 1 aromatic rings. The largest absolute Gasteiger partial charge is 0.368 e. The van der Waals surface area contributed by atoms with Crippen molar-refractivity contribution < 1.29 is 14.5 Å². The van der Waals surface area contributed by atoms with E-state index in [1.807, 2.05) is 6.07 Å². The molecule has 0 aliphatic carbocycles. The maximum atomic E-state index is 12.0. The van der Waals surface area contributed by atoms with Crippen LogP contribution in [0, 0.1) is 27.4 Å². The number of nitrogens with two attached hydrogens (primary N) is 1. The topological polar surface area (TPSA) is 139 Å². The number of carbonyl (C=O) groups excluding carboxylic acids is 2. The van der Waals surface area contributed by atoms with Gasteiger partial charge in [0.05, 0.1) is 11.0 Å². The molecule has 0 unspecified atom stereocenters. The molecule has 1 rings (SSSR count). The molecule has 0 saturated heterocycles. The van der Waals surface area contributed by atoms with Crippen LogP contribution in [0.3, 0.4) is 0 Å². The summed E-state index contributed by atoms with van der Waals surface area (Å²) in [6, 6.07) is 5.97. The molecule has 0 bridgehead atoms. The van der Waals surface area contributed by atoms with Crippen molar-refractivity contribution in [2.45, 2.75) is 19.4 Å². The second-order valence-electron chi connectivity index (χ2n) is 4.50. The van der Waals surface area contributed by atoms with Gasteiger partial charge >= 0.3 is 0 Å². The van der Waals surface area contributed by atoms with Crippen LogP contribution in [0.15, 0.2) is 24.3 Å². The Morgan fingerprint density at radius 3 is 2.71 bits per heavy atom. The van der Waals surface area contributed by atoms with Crippen molar-refractivity contribution in [1.82, 2.24) is 5.32 Å². The summed E-state index contributed by atoms with van der Waals surface area (Å²) in [5, 5.41) is 21.7. The Morgan fingerprint density at radius 2 is 2.19 bits per heavy atom. The lowest BCUT2D eigenvalue weighted by molar-refractivity contribution is -0.384. The molecule has 0 saturated carbocycles. The number of benzene rings is 1. The van der Waals surface area contributed by atoms with Gasteiger partial charge in [-0.1, -0.05) is 13.0 Å². The lowest BCUT2D eigenvalue weighted by Gasteiger charge is -2.20. The van der Waals surface area contributed by atoms with E-state index in [1.165, 1.54) is 18.2 Å². The standard InChI is InChI=1S/C13H14N4O4/c1-8(5-6-14)11(12(15)18)16-13(19)9-3-2-4-10(7-9)17(20)21/h2-4,7-8,11H,5H2,1H3,(H2,15,18)(H,16,19)/t8-,11+/m0/s1. The van der Waals surface area contributed by atoms with Crippen LogP contribution < -0.4 is 11.1 Å². The van der Waals surface area contributed by atoms with Gasteiger partial charge in [-0.2, -0.15) is 5.26 Å². The molecular weight excluding hydrogens is 276 g/mol. The van der Waals surface area contributed by atoms with Gasteiger partial charge in [0, 0.05) is 24.1 Å². The van der Waals surface area contributed by atoms with Crippen molar-refractivity contribution in [1.29, 1.82) is 5.26 Å². The zero-order valence-electron chi connectivity index (χ0n) is 11.3. The van der Waals surface area contributed by atoms with Gasteiger partial charge < -0.3 is 11.1 Å². The molecule has 0 aromatic heterocycles. The van der Waals surface area contributed by atoms with Gasteiger partial charge in [-0.25, -0.2) is 0 Å². The van der Waals surface area contributed by atoms with Gasteiger partial charge in [0.15, 0.2) is 0 Å². The number of carbonyl (C=O) groups is 2. The van der Waals surface area contributed by atoms with Crippen LogP contribution in [-0.2, 0) is 4.79 Å². The van der Waals surface area contributed by atoms with Crippen LogP contribution in [0.25, 0.3) is 0 Å². The van der Waals surface area contributed by atoms with Crippen molar-refractivity contribution >= 4 is 17.5 Å². The lowest BCUT2D eigenvalue weighted by atomic mass is 9.98. The average Bonchev–Trinajstić information content (AvgIpc) is 2.44. The number of nitro benzene ring substituents is 1. The number of non-ortho nitro benzene ring substituents is 1. The molecular formula is C13H14N4O4. The first-order chi connectivity index (χ1) is 9.86. The number of hydrogen-bond donors (Lipinski definition) is 2. The Kier molecular flexibility index (Phi) is 5.37. The zero-order chi connectivity index (χ0) is 16.0. The predicted octanol–water partition coefficient (Wildman–Crippen LogP) is 0.728. The minimum absolute atomic E-state index is 0.0413. The molecule has 8 nitrogen and oxygen atoms in total. The average molecular weight is 290 g/mol. The summed E-state index contributed by atoms with van der Waals surface area (Å²) in [7, 11) is 0. The highest BCUT2D eigenvalue weighted by atomic mass is 16.6. The summed E-state index contributed by atoms with van der Waals surface area (Å²) in [6.07, 6.45) is 0.0445. The Bertz CT molecular complexity index is 608. The SMILES string of the molecule is C[C@@H](CC#N)[C@@H](NC(=O)c1cccc([N+](=O)[O-])c1)C(N)=O. The van der Waals surface area contributed by atoms with Crippen molar-refractivity contribution in [3.63, 3.8) is 0 Å². The summed E-state index contributed by atoms with van der Waals surface area (Å²) in [5.74, 6) is -1.89. The number of primary amides is 1. The Hall–Kier alpha value is -2.95. The Balaban J connectivity index is 2.92. The number of rotatable bonds is 6. The van der Waals surface area contributed by atoms with E-state index in [1.54, 1.807) is 6.92 Å². The normalized spacial score (nSPS) is 12.8. The van der Waals surface area contributed by atoms with Crippen LogP contribution in [0.2, 0.25) is 0 Å². The monoisotopic (exact) mass is 290 g/mol. The smallest absolute Gasteiger partial charge is 0.270 e. The van der Waals surface area contributed by atoms with Crippen molar-refractivity contribution in [2.75, 3.05) is 0 Å². The van der Waals surface area contributed by atoms with Gasteiger partial charge in [0.25, 0.3) is 11.6 Å². The van der Waals surface area contributed by atoms with Gasteiger partial charge in [-0.05, 0) is 12.0 Å². The van der Waals surface area contributed by atoms with E-state index in [0.29, 0.717) is 0 Å². The second-order valence-corrected chi connectivity index (χ2v) is 4.50. The number of amides is 2. The van der Waals surface area contributed by atoms with Gasteiger partial charge in [0.1, 0.15) is 6.04 Å². The van der Waals surface area contributed by atoms with Crippen LogP contribution in [0.4, 0.5) is 5.69 Å². The summed E-state index contributed by atoms with van der Waals surface area (Å²) in [6.45, 7) is 1.60. The molecule has 0 spiro atoms. The van der Waals surface area contributed by atoms with Crippen molar-refractivity contribution in [2.24, 2.45) is 11.7 Å². The molecule has 0 radical (unpaired) electrons. The molecule has 110 valence electrons. The molecule has 8 heteroatoms. The highest BCUT2D eigenvalue weighted by Gasteiger charge is 2.25. The molecule has 0 aliphatic heterocycles. The van der Waals surface area contributed by atoms with Crippen molar-refractivity contribution in [3.8, 4) is 6.07 Å². The summed E-state index contributed by atoms with van der Waals surface area (Å²) >= 11 is 0. The van der Waals surface area contributed by atoms with Gasteiger partial charge in [-0.3, -0.25) is 19.7 Å². The first-order valence-electron chi connectivity index (χ1n) is 6.08. The molecule has 3 N–H and O–H groups in total. The lowest BCUT2D eigenvalue weighted by Crippen LogP contribution is -2.48. The summed E-state index contributed by atoms with van der Waals surface area (Å²) in [5.41, 5.74) is 5.01. The molecule has 21 heavy (non-hydrogen) atoms. The fraction of sp³-hybridized carbons (Fsp3) is 0.308. The van der Waals surface area contributed by atoms with Crippen molar-refractivity contribution in [3.05, 3.63) is 39.9 Å². The number of nitrogens with one attached hydrogen (secondary N) is 1. The van der Waals surface area contributed by atoms with Gasteiger partial charge in [-0.15, -0.1) is 0 Å². The number of nitriles is 1. The number of nitrogens with zero attached hydrogens (tertiary/aromatic N) is 2. The third-order valence-corrected chi connectivity index (χ3v) is 2.89. The maximum absolute atomic E-state index is 12.0. The number of nitro groups is 1. The van der Waals surface area contributed by atoms with E-state index in [9.17, 15) is 19.7 Å². The minimum Gasteiger partial charge on any atom is -0.368 e. The van der Waals surface area contributed by atoms with Crippen LogP contribution in [0.1, 0.15) is 23.7 Å². The Labute approximate surface area is 120 Å². The van der Waals surface area contributed by atoms with E-state index in [-0.39, 0.29) is 17.7 Å². The second kappa shape index (κ2) is 7.00. The van der Waals surface area contributed by atoms with Crippen LogP contribution >= 0.6 is 0 Å². The van der Waals surface area contributed by atoms with E-state index in [4.69, 9.17) is 11.0 Å². The molecule has 0 heterocycles. The van der Waals surface area contributed by atoms with Crippen LogP contribution in [-0.4, -0.2) is 22.8 Å². The first-order valence-corrected chi connectivity index (χ1v) is 6.08. The molecule has 0 fully saturated rings. The zero-order valence-corrected chi connectivity index (χ0v) is 11.3. The highest BCUT2D eigenvalue weighted by Crippen LogP contribution is 2.14. The van der Waals surface area contributed by atoms with E-state index in [0.717, 1.165) is 6.07 Å². The predicted molar refractivity (Wildman–Crippen MR) is 72.9 cm³/mol. The quantitative estimate of drug-likeness (QED) is 0.587. The highest BCUT2D eigenvalue weighted by molar-refractivity contribution is 5.97. The fourth-order valence-corrected chi connectivity index (χ4v) is 1.74. The third kappa shape index (κ3) is 4.28. The van der Waals surface area contributed by atoms with E-state index >= 15 is 0 Å². The molecule has 1 aromatic carbocycles. The number of hydrogen-bond acceptors (Lipinski definition) is 5. The molecule has 2 amide bonds. The van der Waals surface area contributed by atoms with Crippen LogP contribution in [0.5, 0.6) is 0 Å². The maximum Gasteiger partial charge on any atom is 0.270 e. The summed E-state index contributed by atoms with van der Waals surface area (Å²) in [4.78, 5) is 33.4.